The van der Waals surface area contributed by atoms with E-state index in [1.54, 1.807) is 24.4 Å². The number of carbonyl (C=O) groups is 1. The monoisotopic (exact) mass is 503 g/mol. The topological polar surface area (TPSA) is 136 Å². The molecule has 3 aromatic heterocycles. The number of benzene rings is 2. The third kappa shape index (κ3) is 4.75. The molecule has 0 fully saturated rings. The molecule has 0 atom stereocenters. The number of H-pyrrole nitrogens is 1. The van der Waals surface area contributed by atoms with Gasteiger partial charge in [0.25, 0.3) is 0 Å². The zero-order valence-electron chi connectivity index (χ0n) is 20.3. The van der Waals surface area contributed by atoms with Gasteiger partial charge < -0.3 is 20.6 Å². The molecule has 0 spiro atoms. The molecule has 0 aliphatic heterocycles. The molecular weight excluding hydrogens is 480 g/mol. The molecule has 3 heterocycles. The van der Waals surface area contributed by atoms with Gasteiger partial charge in [0.2, 0.25) is 0 Å². The number of aromatic amines is 1. The summed E-state index contributed by atoms with van der Waals surface area (Å²) in [5.41, 5.74) is 8.84. The second kappa shape index (κ2) is 9.08. The molecule has 2 aromatic carbocycles. The van der Waals surface area contributed by atoms with Crippen LogP contribution in [-0.4, -0.2) is 31.0 Å². The highest BCUT2D eigenvalue weighted by Gasteiger charge is 2.24. The second-order valence-electron chi connectivity index (χ2n) is 9.54. The number of pyridine rings is 1. The van der Waals surface area contributed by atoms with Crippen molar-refractivity contribution >= 4 is 22.8 Å². The van der Waals surface area contributed by atoms with E-state index < -0.39 is 17.5 Å². The summed E-state index contributed by atoms with van der Waals surface area (Å²) in [5.74, 6) is -0.907. The van der Waals surface area contributed by atoms with Crippen LogP contribution in [0.3, 0.4) is 0 Å². The number of rotatable bonds is 5. The Bertz CT molecular complexity index is 1640. The fourth-order valence-electron chi connectivity index (χ4n) is 3.76. The van der Waals surface area contributed by atoms with Gasteiger partial charge in [-0.2, -0.15) is 4.98 Å². The second-order valence-corrected chi connectivity index (χ2v) is 9.54. The Kier molecular flexibility index (Phi) is 5.90. The van der Waals surface area contributed by atoms with Crippen LogP contribution in [0.25, 0.3) is 33.7 Å². The van der Waals surface area contributed by atoms with Gasteiger partial charge in [-0.15, -0.1) is 0 Å². The molecule has 11 heteroatoms. The van der Waals surface area contributed by atoms with Crippen LogP contribution in [-0.2, 0) is 12.0 Å². The van der Waals surface area contributed by atoms with Crippen molar-refractivity contribution in [2.45, 2.75) is 32.7 Å². The van der Waals surface area contributed by atoms with Crippen molar-refractivity contribution in [2.24, 2.45) is 0 Å². The summed E-state index contributed by atoms with van der Waals surface area (Å²) < 4.78 is 33.5. The van der Waals surface area contributed by atoms with Crippen molar-refractivity contribution in [3.63, 3.8) is 0 Å². The third-order valence-corrected chi connectivity index (χ3v) is 5.76. The summed E-state index contributed by atoms with van der Waals surface area (Å²) in [5, 5.41) is 6.42. The number of nitrogens with one attached hydrogen (secondary N) is 2. The van der Waals surface area contributed by atoms with Crippen molar-refractivity contribution < 1.29 is 18.1 Å². The van der Waals surface area contributed by atoms with Crippen LogP contribution >= 0.6 is 0 Å². The molecule has 9 nitrogen and oxygen atoms in total. The summed E-state index contributed by atoms with van der Waals surface area (Å²) in [6.45, 7) is 5.63. The van der Waals surface area contributed by atoms with E-state index in [-0.39, 0.29) is 29.1 Å². The number of aromatic nitrogens is 5. The normalized spacial score (nSPS) is 11.7. The fraction of sp³-hybridized carbons (Fsp3) is 0.192. The Balaban J connectivity index is 1.38. The number of nitrogens with zero attached hydrogens (tertiary/aromatic N) is 4. The van der Waals surface area contributed by atoms with Crippen molar-refractivity contribution in [1.82, 2.24) is 30.4 Å². The maximum atomic E-state index is 15.0. The molecule has 0 aliphatic carbocycles. The van der Waals surface area contributed by atoms with Crippen LogP contribution in [0, 0.1) is 11.6 Å². The molecular formula is C26H23F2N7O2. The zero-order valence-corrected chi connectivity index (χ0v) is 20.3. The van der Waals surface area contributed by atoms with Crippen molar-refractivity contribution in [2.75, 3.05) is 5.73 Å². The number of amides is 1. The molecule has 1 amide bonds. The minimum atomic E-state index is -0.590. The van der Waals surface area contributed by atoms with Crippen molar-refractivity contribution in [3.05, 3.63) is 77.6 Å². The maximum Gasteiger partial charge on any atom is 0.315 e. The summed E-state index contributed by atoms with van der Waals surface area (Å²) in [7, 11) is 0. The number of anilines is 1. The third-order valence-electron chi connectivity index (χ3n) is 5.76. The van der Waals surface area contributed by atoms with Gasteiger partial charge in [0, 0.05) is 40.5 Å². The molecule has 5 rings (SSSR count). The Hall–Kier alpha value is -4.67. The number of imidazole rings is 1. The molecule has 5 aromatic rings. The average Bonchev–Trinajstić information content (AvgIpc) is 3.50. The maximum absolute atomic E-state index is 15.0. The van der Waals surface area contributed by atoms with Crippen LogP contribution in [0.2, 0.25) is 0 Å². The van der Waals surface area contributed by atoms with E-state index in [0.29, 0.717) is 39.5 Å². The molecule has 4 N–H and O–H groups in total. The first-order chi connectivity index (χ1) is 17.6. The zero-order chi connectivity index (χ0) is 26.3. The lowest BCUT2D eigenvalue weighted by atomic mass is 9.96. The average molecular weight is 504 g/mol. The highest BCUT2D eigenvalue weighted by Crippen LogP contribution is 2.31. The Labute approximate surface area is 210 Å². The number of halogens is 2. The predicted molar refractivity (Wildman–Crippen MR) is 133 cm³/mol. The molecule has 0 bridgehead atoms. The minimum Gasteiger partial charge on any atom is -0.398 e. The van der Waals surface area contributed by atoms with Gasteiger partial charge in [-0.05, 0) is 35.9 Å². The van der Waals surface area contributed by atoms with Crippen molar-refractivity contribution in [1.29, 1.82) is 0 Å². The fourth-order valence-corrected chi connectivity index (χ4v) is 3.76. The first kappa shape index (κ1) is 24.0. The summed E-state index contributed by atoms with van der Waals surface area (Å²) >= 11 is 0. The van der Waals surface area contributed by atoms with E-state index in [9.17, 15) is 9.18 Å². The van der Waals surface area contributed by atoms with E-state index in [1.165, 1.54) is 24.3 Å². The molecule has 0 radical (unpaired) electrons. The molecule has 0 unspecified atom stereocenters. The number of fused-ring (bicyclic) bond motifs is 1. The molecule has 0 saturated carbocycles. The van der Waals surface area contributed by atoms with Gasteiger partial charge >= 0.3 is 11.8 Å². The number of carbonyl (C=O) groups excluding carboxylic acids is 1. The molecule has 0 aliphatic rings. The Morgan fingerprint density at radius 2 is 1.89 bits per heavy atom. The number of hydrogen-bond acceptors (Lipinski definition) is 7. The SMILES string of the molecule is CC(C)(C)c1noc(C(=O)NCc2ccc(-c3ccnc4nc(-c5ccc(F)cc5N)[nH]c34)cc2F)n1. The first-order valence-corrected chi connectivity index (χ1v) is 11.4. The van der Waals surface area contributed by atoms with Crippen LogP contribution in [0.5, 0.6) is 0 Å². The minimum absolute atomic E-state index is 0.0675. The highest BCUT2D eigenvalue weighted by molar-refractivity contribution is 5.92. The van der Waals surface area contributed by atoms with Gasteiger partial charge in [0.05, 0.1) is 5.52 Å². The number of nitrogen functional groups attached to an aromatic ring is 1. The van der Waals surface area contributed by atoms with Gasteiger partial charge in [-0.25, -0.2) is 18.7 Å². The van der Waals surface area contributed by atoms with Crippen molar-refractivity contribution in [3.8, 4) is 22.5 Å². The van der Waals surface area contributed by atoms with Crippen LogP contribution in [0.4, 0.5) is 14.5 Å². The smallest absolute Gasteiger partial charge is 0.315 e. The van der Waals surface area contributed by atoms with Crippen LogP contribution in [0.15, 0.2) is 53.2 Å². The van der Waals surface area contributed by atoms with E-state index in [4.69, 9.17) is 10.3 Å². The number of nitrogens with two attached hydrogens (primary N) is 1. The van der Waals surface area contributed by atoms with Crippen LogP contribution < -0.4 is 11.1 Å². The largest absolute Gasteiger partial charge is 0.398 e. The van der Waals surface area contributed by atoms with E-state index in [0.717, 1.165) is 0 Å². The van der Waals surface area contributed by atoms with Gasteiger partial charge in [-0.1, -0.05) is 38.1 Å². The van der Waals surface area contributed by atoms with E-state index in [1.807, 2.05) is 20.8 Å². The Morgan fingerprint density at radius 3 is 2.59 bits per heavy atom. The van der Waals surface area contributed by atoms with E-state index in [2.05, 4.69) is 30.4 Å². The van der Waals surface area contributed by atoms with Crippen LogP contribution in [0.1, 0.15) is 42.8 Å². The molecule has 37 heavy (non-hydrogen) atoms. The molecule has 0 saturated heterocycles. The quantitative estimate of drug-likeness (QED) is 0.294. The summed E-state index contributed by atoms with van der Waals surface area (Å²) in [4.78, 5) is 28.4. The lowest BCUT2D eigenvalue weighted by Gasteiger charge is -2.10. The molecule has 188 valence electrons. The highest BCUT2D eigenvalue weighted by atomic mass is 19.1. The summed E-state index contributed by atoms with van der Waals surface area (Å²) in [6, 6.07) is 10.5. The standard InChI is InChI=1S/C26H23F2N7O2/c1-26(2,3)25-34-24(37-35-25)23(36)31-12-14-5-4-13(10-18(14)28)16-8-9-30-22-20(16)32-21(33-22)17-7-6-15(27)11-19(17)29/h4-11H,12,29H2,1-3H3,(H,31,36)(H,30,32,33). The van der Waals surface area contributed by atoms with Gasteiger partial charge in [0.1, 0.15) is 17.5 Å². The van der Waals surface area contributed by atoms with E-state index >= 15 is 4.39 Å². The number of hydrogen-bond donors (Lipinski definition) is 3. The lowest BCUT2D eigenvalue weighted by molar-refractivity contribution is 0.0906. The summed E-state index contributed by atoms with van der Waals surface area (Å²) in [6.07, 6.45) is 1.57. The Morgan fingerprint density at radius 1 is 1.08 bits per heavy atom. The van der Waals surface area contributed by atoms with Gasteiger partial charge in [-0.3, -0.25) is 4.79 Å². The van der Waals surface area contributed by atoms with Gasteiger partial charge in [0.15, 0.2) is 11.5 Å². The predicted octanol–water partition coefficient (Wildman–Crippen LogP) is 4.76. The first-order valence-electron chi connectivity index (χ1n) is 11.4. The lowest BCUT2D eigenvalue weighted by Crippen LogP contribution is -2.24.